The van der Waals surface area contributed by atoms with Crippen molar-refractivity contribution in [2.75, 3.05) is 0 Å². The molecule has 1 nitrogen and oxygen atoms in total. The van der Waals surface area contributed by atoms with Gasteiger partial charge in [0.2, 0.25) is 0 Å². The topological polar surface area (TPSA) is 23.8 Å². The Bertz CT molecular complexity index is 221. The second-order valence-corrected chi connectivity index (χ2v) is 7.40. The van der Waals surface area contributed by atoms with E-state index in [4.69, 9.17) is 5.26 Å². The third-order valence-corrected chi connectivity index (χ3v) is 2.77. The van der Waals surface area contributed by atoms with Gasteiger partial charge in [-0.2, -0.15) is 5.26 Å². The van der Waals surface area contributed by atoms with Crippen molar-refractivity contribution in [2.45, 2.75) is 73.6 Å². The van der Waals surface area contributed by atoms with E-state index in [0.717, 1.165) is 12.8 Å². The Balaban J connectivity index is 3.78. The molecule has 0 heterocycles. The first-order valence-corrected chi connectivity index (χ1v) is 6.54. The summed E-state index contributed by atoms with van der Waals surface area (Å²) in [6.07, 6.45) is 5.82. The molecule has 0 saturated carbocycles. The molecule has 0 saturated heterocycles. The van der Waals surface area contributed by atoms with Crippen LogP contribution in [0.4, 0.5) is 0 Å². The molecule has 0 N–H and O–H groups in total. The summed E-state index contributed by atoms with van der Waals surface area (Å²) in [6, 6.07) is 2.46. The Morgan fingerprint density at radius 3 is 1.88 bits per heavy atom. The maximum absolute atomic E-state index is 9.10. The van der Waals surface area contributed by atoms with Crippen LogP contribution in [0.5, 0.6) is 0 Å². The van der Waals surface area contributed by atoms with Crippen molar-refractivity contribution in [3.8, 4) is 6.07 Å². The fourth-order valence-corrected chi connectivity index (χ4v) is 2.00. The summed E-state index contributed by atoms with van der Waals surface area (Å²) in [5, 5.41) is 9.10. The molecule has 1 unspecified atom stereocenters. The highest BCUT2D eigenvalue weighted by molar-refractivity contribution is 4.86. The van der Waals surface area contributed by atoms with Crippen molar-refractivity contribution >= 4 is 0 Å². The second kappa shape index (κ2) is 6.28. The molecule has 0 aromatic rings. The molecule has 0 fully saturated rings. The normalized spacial score (nSPS) is 14.6. The van der Waals surface area contributed by atoms with Crippen molar-refractivity contribution in [3.05, 3.63) is 0 Å². The van der Waals surface area contributed by atoms with E-state index in [2.05, 4.69) is 47.6 Å². The maximum Gasteiger partial charge on any atom is 0.0655 e. The summed E-state index contributed by atoms with van der Waals surface area (Å²) in [5.74, 6) is 0.250. The quantitative estimate of drug-likeness (QED) is 0.590. The number of nitrogens with zero attached hydrogens (tertiary/aromatic N) is 1. The van der Waals surface area contributed by atoms with Crippen molar-refractivity contribution in [1.29, 1.82) is 5.26 Å². The van der Waals surface area contributed by atoms with Crippen molar-refractivity contribution in [3.63, 3.8) is 0 Å². The zero-order valence-electron chi connectivity index (χ0n) is 12.1. The molecular formula is C15H29N. The lowest BCUT2D eigenvalue weighted by molar-refractivity contribution is 0.305. The average Bonchev–Trinajstić information content (AvgIpc) is 2.06. The molecule has 0 aliphatic heterocycles. The van der Waals surface area contributed by atoms with Gasteiger partial charge in [0.25, 0.3) is 0 Å². The van der Waals surface area contributed by atoms with Crippen molar-refractivity contribution < 1.29 is 0 Å². The van der Waals surface area contributed by atoms with Gasteiger partial charge < -0.3 is 0 Å². The summed E-state index contributed by atoms with van der Waals surface area (Å²) >= 11 is 0. The molecule has 0 amide bonds. The van der Waals surface area contributed by atoms with Crippen LogP contribution in [0.1, 0.15) is 73.6 Å². The van der Waals surface area contributed by atoms with Crippen LogP contribution in [0.3, 0.4) is 0 Å². The zero-order valence-corrected chi connectivity index (χ0v) is 12.1. The van der Waals surface area contributed by atoms with Gasteiger partial charge in [0.05, 0.1) is 6.07 Å². The van der Waals surface area contributed by atoms with E-state index >= 15 is 0 Å². The second-order valence-electron chi connectivity index (χ2n) is 7.40. The summed E-state index contributed by atoms with van der Waals surface area (Å²) in [5.41, 5.74) is 0.719. The van der Waals surface area contributed by atoms with Gasteiger partial charge in [0.1, 0.15) is 0 Å². The minimum atomic E-state index is 0.250. The molecule has 0 radical (unpaired) electrons. The van der Waals surface area contributed by atoms with Gasteiger partial charge in [0, 0.05) is 5.92 Å². The number of unbranched alkanes of at least 4 members (excludes halogenated alkanes) is 1. The first kappa shape index (κ1) is 15.5. The third-order valence-electron chi connectivity index (χ3n) is 2.77. The van der Waals surface area contributed by atoms with Crippen LogP contribution in [0, 0.1) is 28.1 Å². The first-order chi connectivity index (χ1) is 7.14. The molecule has 0 rings (SSSR count). The standard InChI is InChI=1S/C15H29N/c1-14(2,3)10-8-7-9-13(12-16)11-15(4,5)6/h13H,7-11H2,1-6H3. The van der Waals surface area contributed by atoms with Gasteiger partial charge in [-0.25, -0.2) is 0 Å². The largest absolute Gasteiger partial charge is 0.198 e. The minimum absolute atomic E-state index is 0.250. The monoisotopic (exact) mass is 223 g/mol. The van der Waals surface area contributed by atoms with Gasteiger partial charge in [-0.3, -0.25) is 0 Å². The van der Waals surface area contributed by atoms with Crippen LogP contribution < -0.4 is 0 Å². The predicted octanol–water partition coefficient (Wildman–Crippen LogP) is 5.17. The van der Waals surface area contributed by atoms with Crippen LogP contribution in [-0.4, -0.2) is 0 Å². The lowest BCUT2D eigenvalue weighted by Gasteiger charge is -2.22. The van der Waals surface area contributed by atoms with Gasteiger partial charge in [-0.1, -0.05) is 54.4 Å². The molecule has 0 aliphatic rings. The van der Waals surface area contributed by atoms with Crippen LogP contribution in [-0.2, 0) is 0 Å². The SMILES string of the molecule is CC(C)(C)CCCCC(C#N)CC(C)(C)C. The van der Waals surface area contributed by atoms with E-state index in [0.29, 0.717) is 5.41 Å². The van der Waals surface area contributed by atoms with E-state index in [1.165, 1.54) is 19.3 Å². The van der Waals surface area contributed by atoms with Crippen LogP contribution in [0.15, 0.2) is 0 Å². The van der Waals surface area contributed by atoms with Gasteiger partial charge in [0.15, 0.2) is 0 Å². The number of nitriles is 1. The van der Waals surface area contributed by atoms with E-state index < -0.39 is 0 Å². The molecule has 16 heavy (non-hydrogen) atoms. The van der Waals surface area contributed by atoms with E-state index in [9.17, 15) is 0 Å². The lowest BCUT2D eigenvalue weighted by Crippen LogP contribution is -2.12. The smallest absolute Gasteiger partial charge is 0.0655 e. The number of hydrogen-bond acceptors (Lipinski definition) is 1. The highest BCUT2D eigenvalue weighted by Gasteiger charge is 2.18. The number of rotatable bonds is 5. The molecule has 1 atom stereocenters. The molecule has 94 valence electrons. The van der Waals surface area contributed by atoms with E-state index in [1.807, 2.05) is 0 Å². The van der Waals surface area contributed by atoms with Crippen LogP contribution in [0.25, 0.3) is 0 Å². The summed E-state index contributed by atoms with van der Waals surface area (Å²) in [7, 11) is 0. The van der Waals surface area contributed by atoms with Crippen molar-refractivity contribution in [2.24, 2.45) is 16.7 Å². The zero-order chi connectivity index (χ0) is 12.8. The van der Waals surface area contributed by atoms with E-state index in [1.54, 1.807) is 0 Å². The lowest BCUT2D eigenvalue weighted by atomic mass is 9.82. The fourth-order valence-electron chi connectivity index (χ4n) is 2.00. The van der Waals surface area contributed by atoms with Crippen LogP contribution in [0.2, 0.25) is 0 Å². The Morgan fingerprint density at radius 1 is 0.938 bits per heavy atom. The van der Waals surface area contributed by atoms with Gasteiger partial charge in [-0.15, -0.1) is 0 Å². The minimum Gasteiger partial charge on any atom is -0.198 e. The highest BCUT2D eigenvalue weighted by Crippen LogP contribution is 2.28. The molecule has 0 aliphatic carbocycles. The highest BCUT2D eigenvalue weighted by atomic mass is 14.3. The average molecular weight is 223 g/mol. The maximum atomic E-state index is 9.10. The summed E-state index contributed by atoms with van der Waals surface area (Å²) in [6.45, 7) is 13.5. The Hall–Kier alpha value is -0.510. The Morgan fingerprint density at radius 2 is 1.50 bits per heavy atom. The molecule has 1 heteroatoms. The third kappa shape index (κ3) is 10.0. The molecule has 0 aromatic carbocycles. The summed E-state index contributed by atoms with van der Waals surface area (Å²) in [4.78, 5) is 0. The molecule has 0 spiro atoms. The summed E-state index contributed by atoms with van der Waals surface area (Å²) < 4.78 is 0. The first-order valence-electron chi connectivity index (χ1n) is 6.54. The van der Waals surface area contributed by atoms with Gasteiger partial charge in [-0.05, 0) is 30.1 Å². The Kier molecular flexibility index (Phi) is 6.08. The van der Waals surface area contributed by atoms with Crippen LogP contribution >= 0.6 is 0 Å². The predicted molar refractivity (Wildman–Crippen MR) is 71.1 cm³/mol. The number of hydrogen-bond donors (Lipinski definition) is 0. The van der Waals surface area contributed by atoms with E-state index in [-0.39, 0.29) is 11.3 Å². The molecule has 0 bridgehead atoms. The molecular weight excluding hydrogens is 194 g/mol. The fraction of sp³-hybridized carbons (Fsp3) is 0.933. The Labute approximate surface area is 102 Å². The molecule has 0 aromatic heterocycles. The van der Waals surface area contributed by atoms with Gasteiger partial charge >= 0.3 is 0 Å². The van der Waals surface area contributed by atoms with Crippen molar-refractivity contribution in [1.82, 2.24) is 0 Å².